The highest BCUT2D eigenvalue weighted by Crippen LogP contribution is 2.34. The van der Waals surface area contributed by atoms with Crippen LogP contribution in [-0.4, -0.2) is 77.1 Å². The maximum Gasteiger partial charge on any atom is 0.405 e. The first kappa shape index (κ1) is 35.8. The molecule has 1 aliphatic carbocycles. The first-order valence-electron chi connectivity index (χ1n) is 16.0. The Kier molecular flexibility index (Phi) is 12.0. The molecule has 1 atom stereocenters. The van der Waals surface area contributed by atoms with E-state index in [1.165, 1.54) is 12.1 Å². The van der Waals surface area contributed by atoms with Crippen molar-refractivity contribution in [3.8, 4) is 11.5 Å². The Morgan fingerprint density at radius 1 is 1.13 bits per heavy atom. The molecule has 5 N–H and O–H groups in total. The molecule has 1 fully saturated rings. The van der Waals surface area contributed by atoms with Crippen molar-refractivity contribution in [3.05, 3.63) is 53.6 Å². The number of aliphatic hydroxyl groups is 1. The summed E-state index contributed by atoms with van der Waals surface area (Å²) in [6.07, 6.45) is 4.99. The van der Waals surface area contributed by atoms with Gasteiger partial charge < -0.3 is 40.2 Å². The van der Waals surface area contributed by atoms with Gasteiger partial charge in [-0.15, -0.1) is 0 Å². The number of ether oxygens (including phenoxy) is 2. The van der Waals surface area contributed by atoms with E-state index >= 15 is 4.39 Å². The maximum atomic E-state index is 15.4. The largest absolute Gasteiger partial charge is 0.465 e. The molecule has 12 nitrogen and oxygen atoms in total. The first-order valence-corrected chi connectivity index (χ1v) is 19.7. The number of aliphatic hydroxyl groups excluding tert-OH is 1. The average Bonchev–Trinajstić information content (AvgIpc) is 3.34. The number of aromatic nitrogens is 2. The van der Waals surface area contributed by atoms with Crippen LogP contribution in [0.4, 0.5) is 9.18 Å². The van der Waals surface area contributed by atoms with Crippen molar-refractivity contribution < 1.29 is 38.5 Å². The molecule has 0 bridgehead atoms. The minimum atomic E-state index is -1.43. The van der Waals surface area contributed by atoms with Gasteiger partial charge in [-0.25, -0.2) is 14.2 Å². The van der Waals surface area contributed by atoms with E-state index in [0.717, 1.165) is 23.4 Å². The van der Waals surface area contributed by atoms with Gasteiger partial charge in [0.2, 0.25) is 11.8 Å². The van der Waals surface area contributed by atoms with Crippen LogP contribution >= 0.6 is 0 Å². The standard InChI is InChI=1S/C33H46FN5O7Si/c1-22-20-39(21-45-16-17-47(2,3)4)29-28(22)27(10-13-35-29)46-26-9-8-23(18-24(26)34)19-25(37-32(43)44)30(41)38-33(11-6-5-7-12-33)31(42)36-14-15-40/h8-10,13,18,20,25,37,40H,5-7,11-12,14-17,19,21H2,1-4H3,(H,36,42)(H,38,41)(H,43,44)/t25-/m0/s1. The van der Waals surface area contributed by atoms with E-state index in [1.54, 1.807) is 18.3 Å². The van der Waals surface area contributed by atoms with Gasteiger partial charge in [0, 0.05) is 40.0 Å². The van der Waals surface area contributed by atoms with Crippen LogP contribution in [0.1, 0.15) is 43.2 Å². The number of carbonyl (C=O) groups excluding carboxylic acids is 2. The maximum absolute atomic E-state index is 15.4. The lowest BCUT2D eigenvalue weighted by molar-refractivity contribution is -0.136. The lowest BCUT2D eigenvalue weighted by atomic mass is 9.80. The van der Waals surface area contributed by atoms with E-state index in [0.29, 0.717) is 56.0 Å². The fourth-order valence-electron chi connectivity index (χ4n) is 5.80. The van der Waals surface area contributed by atoms with Crippen molar-refractivity contribution in [2.45, 2.75) is 89.4 Å². The molecule has 1 aliphatic rings. The Balaban J connectivity index is 1.49. The molecule has 3 amide bonds. The van der Waals surface area contributed by atoms with Gasteiger partial charge in [0.25, 0.3) is 0 Å². The molecule has 256 valence electrons. The third-order valence-corrected chi connectivity index (χ3v) is 10.0. The van der Waals surface area contributed by atoms with Crippen LogP contribution < -0.4 is 20.7 Å². The zero-order valence-corrected chi connectivity index (χ0v) is 28.5. The van der Waals surface area contributed by atoms with Crippen molar-refractivity contribution in [1.82, 2.24) is 25.5 Å². The number of benzene rings is 1. The number of fused-ring (bicyclic) bond motifs is 1. The SMILES string of the molecule is Cc1cn(COCC[Si](C)(C)C)c2nccc(Oc3ccc(C[C@H](NC(=O)O)C(=O)NC4(C(=O)NCCO)CCCCC4)cc3F)c12. The second kappa shape index (κ2) is 15.7. The Hall–Kier alpha value is -4.01. The van der Waals surface area contributed by atoms with Crippen LogP contribution in [0.25, 0.3) is 11.0 Å². The molecule has 2 heterocycles. The Labute approximate surface area is 275 Å². The molecule has 0 radical (unpaired) electrons. The molecule has 0 unspecified atom stereocenters. The van der Waals surface area contributed by atoms with Crippen molar-refractivity contribution in [2.24, 2.45) is 0 Å². The number of nitrogens with zero attached hydrogens (tertiary/aromatic N) is 2. The molecular weight excluding hydrogens is 625 g/mol. The highest BCUT2D eigenvalue weighted by atomic mass is 28.3. The summed E-state index contributed by atoms with van der Waals surface area (Å²) in [6, 6.07) is 5.61. The van der Waals surface area contributed by atoms with Crippen molar-refractivity contribution in [2.75, 3.05) is 19.8 Å². The second-order valence-electron chi connectivity index (χ2n) is 13.3. The minimum absolute atomic E-state index is 0.0323. The van der Waals surface area contributed by atoms with Crippen molar-refractivity contribution in [1.29, 1.82) is 0 Å². The molecule has 0 saturated heterocycles. The molecule has 3 aromatic rings. The Bertz CT molecular complexity index is 1570. The lowest BCUT2D eigenvalue weighted by Crippen LogP contribution is -2.63. The number of rotatable bonds is 15. The van der Waals surface area contributed by atoms with E-state index in [1.807, 2.05) is 17.7 Å². The number of aryl methyl sites for hydroxylation is 1. The molecule has 1 aromatic carbocycles. The Morgan fingerprint density at radius 2 is 1.87 bits per heavy atom. The number of hydrogen-bond donors (Lipinski definition) is 5. The summed E-state index contributed by atoms with van der Waals surface area (Å²) < 4.78 is 29.3. The Morgan fingerprint density at radius 3 is 2.53 bits per heavy atom. The predicted octanol–water partition coefficient (Wildman–Crippen LogP) is 4.69. The molecule has 4 rings (SSSR count). The number of carboxylic acid groups (broad SMARTS) is 1. The fourth-order valence-corrected chi connectivity index (χ4v) is 6.56. The number of nitrogens with one attached hydrogen (secondary N) is 3. The summed E-state index contributed by atoms with van der Waals surface area (Å²) in [5.41, 5.74) is 0.672. The number of halogens is 1. The topological polar surface area (TPSA) is 164 Å². The van der Waals surface area contributed by atoms with Gasteiger partial charge in [-0.05, 0) is 55.1 Å². The molecule has 0 aliphatic heterocycles. The van der Waals surface area contributed by atoms with Crippen LogP contribution in [0.15, 0.2) is 36.7 Å². The predicted molar refractivity (Wildman–Crippen MR) is 178 cm³/mol. The zero-order valence-electron chi connectivity index (χ0n) is 27.5. The molecule has 14 heteroatoms. The summed E-state index contributed by atoms with van der Waals surface area (Å²) in [6.45, 7) is 9.57. The third kappa shape index (κ3) is 9.52. The second-order valence-corrected chi connectivity index (χ2v) is 18.9. The number of pyridine rings is 1. The third-order valence-electron chi connectivity index (χ3n) is 8.31. The van der Waals surface area contributed by atoms with E-state index in [4.69, 9.17) is 14.6 Å². The quantitative estimate of drug-likeness (QED) is 0.115. The normalized spacial score (nSPS) is 15.2. The molecule has 0 spiro atoms. The average molecular weight is 672 g/mol. The van der Waals surface area contributed by atoms with Gasteiger partial charge >= 0.3 is 6.09 Å². The minimum Gasteiger partial charge on any atom is -0.465 e. The first-order chi connectivity index (χ1) is 22.3. The van der Waals surface area contributed by atoms with E-state index in [9.17, 15) is 19.5 Å². The van der Waals surface area contributed by atoms with Crippen LogP contribution in [0.5, 0.6) is 11.5 Å². The van der Waals surface area contributed by atoms with Crippen LogP contribution in [0.3, 0.4) is 0 Å². The van der Waals surface area contributed by atoms with E-state index < -0.39 is 43.4 Å². The van der Waals surface area contributed by atoms with Crippen LogP contribution in [0, 0.1) is 12.7 Å². The fraction of sp³-hybridized carbons (Fsp3) is 0.515. The van der Waals surface area contributed by atoms with Gasteiger partial charge in [-0.1, -0.05) is 45.0 Å². The molecular formula is C33H46FN5O7Si. The summed E-state index contributed by atoms with van der Waals surface area (Å²) in [5.74, 6) is -1.44. The monoisotopic (exact) mass is 671 g/mol. The van der Waals surface area contributed by atoms with E-state index in [-0.39, 0.29) is 25.3 Å². The highest BCUT2D eigenvalue weighted by molar-refractivity contribution is 6.76. The van der Waals surface area contributed by atoms with Crippen LogP contribution in [-0.2, 0) is 27.5 Å². The smallest absolute Gasteiger partial charge is 0.405 e. The summed E-state index contributed by atoms with van der Waals surface area (Å²) in [4.78, 5) is 42.5. The van der Waals surface area contributed by atoms with Gasteiger partial charge in [0.1, 0.15) is 29.7 Å². The van der Waals surface area contributed by atoms with Gasteiger partial charge in [-0.2, -0.15) is 0 Å². The van der Waals surface area contributed by atoms with Crippen molar-refractivity contribution >= 4 is 37.0 Å². The van der Waals surface area contributed by atoms with Gasteiger partial charge in [0.05, 0.1) is 12.0 Å². The molecule has 47 heavy (non-hydrogen) atoms. The highest BCUT2D eigenvalue weighted by Gasteiger charge is 2.42. The lowest BCUT2D eigenvalue weighted by Gasteiger charge is -2.37. The summed E-state index contributed by atoms with van der Waals surface area (Å²) in [5, 5.41) is 27.0. The summed E-state index contributed by atoms with van der Waals surface area (Å²) >= 11 is 0. The number of amides is 3. The van der Waals surface area contributed by atoms with Crippen LogP contribution in [0.2, 0.25) is 25.7 Å². The molecule has 2 aromatic heterocycles. The zero-order chi connectivity index (χ0) is 34.2. The van der Waals surface area contributed by atoms with E-state index in [2.05, 4.69) is 40.6 Å². The molecule has 1 saturated carbocycles. The van der Waals surface area contributed by atoms with Crippen molar-refractivity contribution in [3.63, 3.8) is 0 Å². The van der Waals surface area contributed by atoms with Gasteiger partial charge in [-0.3, -0.25) is 9.59 Å². The van der Waals surface area contributed by atoms with Gasteiger partial charge in [0.15, 0.2) is 11.6 Å². The number of carbonyl (C=O) groups is 3. The summed E-state index contributed by atoms with van der Waals surface area (Å²) in [7, 11) is -1.23. The number of hydrogen-bond acceptors (Lipinski definition) is 7.